The van der Waals surface area contributed by atoms with Crippen LogP contribution in [0.25, 0.3) is 0 Å². The van der Waals surface area contributed by atoms with Gasteiger partial charge in [0.1, 0.15) is 0 Å². The van der Waals surface area contributed by atoms with Crippen LogP contribution >= 0.6 is 27.3 Å². The van der Waals surface area contributed by atoms with Crippen LogP contribution in [0.1, 0.15) is 17.4 Å². The minimum Gasteiger partial charge on any atom is -0.370 e. The van der Waals surface area contributed by atoms with Crippen molar-refractivity contribution < 1.29 is 0 Å². The van der Waals surface area contributed by atoms with E-state index in [2.05, 4.69) is 68.5 Å². The van der Waals surface area contributed by atoms with Gasteiger partial charge in [0, 0.05) is 9.35 Å². The number of nitrogens with two attached hydrogens (primary N) is 1. The first-order chi connectivity index (χ1) is 9.59. The topological polar surface area (TPSA) is 41.6 Å². The molecule has 5 heteroatoms. The van der Waals surface area contributed by atoms with E-state index in [-0.39, 0.29) is 5.54 Å². The van der Waals surface area contributed by atoms with Crippen LogP contribution in [0.4, 0.5) is 0 Å². The summed E-state index contributed by atoms with van der Waals surface area (Å²) in [6.07, 6.45) is 0. The van der Waals surface area contributed by atoms with E-state index in [1.807, 2.05) is 6.07 Å². The summed E-state index contributed by atoms with van der Waals surface area (Å²) in [5.74, 6) is 0.626. The molecule has 1 unspecified atom stereocenters. The normalized spacial score (nSPS) is 22.1. The van der Waals surface area contributed by atoms with E-state index >= 15 is 0 Å². The molecule has 3 nitrogen and oxygen atoms in total. The summed E-state index contributed by atoms with van der Waals surface area (Å²) in [6, 6.07) is 12.6. The fourth-order valence-electron chi connectivity index (χ4n) is 2.54. The summed E-state index contributed by atoms with van der Waals surface area (Å²) in [5.41, 5.74) is 7.16. The molecule has 0 fully saturated rings. The van der Waals surface area contributed by atoms with Crippen molar-refractivity contribution >= 4 is 33.2 Å². The van der Waals surface area contributed by atoms with Crippen molar-refractivity contribution in [2.75, 3.05) is 6.54 Å². The lowest BCUT2D eigenvalue weighted by molar-refractivity contribution is 0.219. The minimum atomic E-state index is -0.183. The Morgan fingerprint density at radius 3 is 2.95 bits per heavy atom. The zero-order valence-corrected chi connectivity index (χ0v) is 13.6. The third-order valence-corrected chi connectivity index (χ3v) is 5.12. The molecule has 3 rings (SSSR count). The Labute approximate surface area is 131 Å². The van der Waals surface area contributed by atoms with Crippen LogP contribution in [0.15, 0.2) is 51.2 Å². The van der Waals surface area contributed by atoms with Gasteiger partial charge in [-0.1, -0.05) is 34.1 Å². The van der Waals surface area contributed by atoms with Crippen molar-refractivity contribution in [2.45, 2.75) is 19.0 Å². The third-order valence-electron chi connectivity index (χ3n) is 3.76. The minimum absolute atomic E-state index is 0.183. The predicted molar refractivity (Wildman–Crippen MR) is 87.8 cm³/mol. The molecule has 2 N–H and O–H groups in total. The van der Waals surface area contributed by atoms with Crippen molar-refractivity contribution in [2.24, 2.45) is 10.7 Å². The summed E-state index contributed by atoms with van der Waals surface area (Å²) in [7, 11) is 0. The lowest BCUT2D eigenvalue weighted by atomic mass is 9.91. The third kappa shape index (κ3) is 2.36. The van der Waals surface area contributed by atoms with E-state index in [0.29, 0.717) is 12.5 Å². The van der Waals surface area contributed by atoms with Crippen LogP contribution in [-0.2, 0) is 12.1 Å². The fraction of sp³-hybridized carbons (Fsp3) is 0.267. The number of benzene rings is 1. The molecule has 0 bridgehead atoms. The molecule has 20 heavy (non-hydrogen) atoms. The second-order valence-electron chi connectivity index (χ2n) is 5.12. The summed E-state index contributed by atoms with van der Waals surface area (Å²) in [5, 5.41) is 2.09. The van der Waals surface area contributed by atoms with Gasteiger partial charge in [-0.3, -0.25) is 4.99 Å². The van der Waals surface area contributed by atoms with Gasteiger partial charge in [-0.25, -0.2) is 0 Å². The van der Waals surface area contributed by atoms with Crippen molar-refractivity contribution in [1.29, 1.82) is 0 Å². The number of rotatable bonds is 3. The van der Waals surface area contributed by atoms with Gasteiger partial charge in [-0.15, -0.1) is 11.3 Å². The van der Waals surface area contributed by atoms with Crippen LogP contribution in [0, 0.1) is 0 Å². The molecule has 0 aliphatic carbocycles. The molecule has 0 spiro atoms. The Balaban J connectivity index is 1.95. The average molecular weight is 350 g/mol. The van der Waals surface area contributed by atoms with E-state index in [4.69, 9.17) is 5.73 Å². The van der Waals surface area contributed by atoms with E-state index in [0.717, 1.165) is 11.0 Å². The van der Waals surface area contributed by atoms with Gasteiger partial charge in [0.15, 0.2) is 5.96 Å². The van der Waals surface area contributed by atoms with Crippen LogP contribution in [0.2, 0.25) is 0 Å². The molecular formula is C15H16BrN3S. The van der Waals surface area contributed by atoms with E-state index in [9.17, 15) is 0 Å². The van der Waals surface area contributed by atoms with Crippen LogP contribution in [0.5, 0.6) is 0 Å². The molecule has 0 saturated heterocycles. The Bertz CT molecular complexity index is 638. The molecule has 0 amide bonds. The highest BCUT2D eigenvalue weighted by Crippen LogP contribution is 2.35. The van der Waals surface area contributed by atoms with Crippen LogP contribution in [0.3, 0.4) is 0 Å². The van der Waals surface area contributed by atoms with Gasteiger partial charge < -0.3 is 10.6 Å². The van der Waals surface area contributed by atoms with Crippen molar-refractivity contribution in [3.8, 4) is 0 Å². The summed E-state index contributed by atoms with van der Waals surface area (Å²) >= 11 is 5.29. The van der Waals surface area contributed by atoms with Gasteiger partial charge >= 0.3 is 0 Å². The standard InChI is InChI=1S/C15H16BrN3S/c1-15(11-4-2-5-12(16)8-11)10-18-14(17)19(15)9-13-6-3-7-20-13/h2-8H,9-10H2,1H3,(H2,17,18). The van der Waals surface area contributed by atoms with Crippen LogP contribution < -0.4 is 5.73 Å². The molecular weight excluding hydrogens is 334 g/mol. The summed E-state index contributed by atoms with van der Waals surface area (Å²) in [6.45, 7) is 3.70. The lowest BCUT2D eigenvalue weighted by Crippen LogP contribution is -2.46. The van der Waals surface area contributed by atoms with E-state index in [1.165, 1.54) is 10.4 Å². The Hall–Kier alpha value is -1.33. The van der Waals surface area contributed by atoms with Gasteiger partial charge in [-0.2, -0.15) is 0 Å². The van der Waals surface area contributed by atoms with Crippen molar-refractivity contribution in [3.05, 3.63) is 56.7 Å². The summed E-state index contributed by atoms with van der Waals surface area (Å²) in [4.78, 5) is 7.96. The zero-order chi connectivity index (χ0) is 14.2. The number of guanidine groups is 1. The van der Waals surface area contributed by atoms with E-state index < -0.39 is 0 Å². The first-order valence-corrected chi connectivity index (χ1v) is 8.13. The van der Waals surface area contributed by atoms with Crippen molar-refractivity contribution in [1.82, 2.24) is 4.90 Å². The SMILES string of the molecule is CC1(c2cccc(Br)c2)CN=C(N)N1Cc1cccs1. The smallest absolute Gasteiger partial charge is 0.192 e. The Morgan fingerprint density at radius 1 is 1.40 bits per heavy atom. The number of nitrogens with zero attached hydrogens (tertiary/aromatic N) is 2. The number of hydrogen-bond donors (Lipinski definition) is 1. The average Bonchev–Trinajstić information content (AvgIpc) is 3.03. The maximum atomic E-state index is 6.12. The highest BCUT2D eigenvalue weighted by molar-refractivity contribution is 9.10. The molecule has 1 aliphatic heterocycles. The quantitative estimate of drug-likeness (QED) is 0.920. The Morgan fingerprint density at radius 2 is 2.25 bits per heavy atom. The monoisotopic (exact) mass is 349 g/mol. The number of aliphatic imine (C=N–C) groups is 1. The molecule has 1 aliphatic rings. The maximum Gasteiger partial charge on any atom is 0.192 e. The van der Waals surface area contributed by atoms with Crippen molar-refractivity contribution in [3.63, 3.8) is 0 Å². The van der Waals surface area contributed by atoms with E-state index in [1.54, 1.807) is 11.3 Å². The first kappa shape index (κ1) is 13.6. The molecule has 2 aromatic rings. The molecule has 1 aromatic heterocycles. The fourth-order valence-corrected chi connectivity index (χ4v) is 3.63. The lowest BCUT2D eigenvalue weighted by Gasteiger charge is -2.36. The molecule has 0 radical (unpaired) electrons. The number of hydrogen-bond acceptors (Lipinski definition) is 4. The van der Waals surface area contributed by atoms with Gasteiger partial charge in [0.05, 0.1) is 18.6 Å². The maximum absolute atomic E-state index is 6.12. The highest BCUT2D eigenvalue weighted by atomic mass is 79.9. The molecule has 104 valence electrons. The predicted octanol–water partition coefficient (Wildman–Crippen LogP) is 3.56. The Kier molecular flexibility index (Phi) is 3.56. The molecule has 0 saturated carbocycles. The van der Waals surface area contributed by atoms with Crippen LogP contribution in [-0.4, -0.2) is 17.4 Å². The largest absolute Gasteiger partial charge is 0.370 e. The van der Waals surface area contributed by atoms with Gasteiger partial charge in [-0.05, 0) is 36.1 Å². The number of halogens is 1. The highest BCUT2D eigenvalue weighted by Gasteiger charge is 2.39. The van der Waals surface area contributed by atoms with Gasteiger partial charge in [0.2, 0.25) is 0 Å². The molecule has 1 atom stereocenters. The summed E-state index contributed by atoms with van der Waals surface area (Å²) < 4.78 is 1.08. The second kappa shape index (κ2) is 5.22. The number of thiophene rings is 1. The molecule has 1 aromatic carbocycles. The second-order valence-corrected chi connectivity index (χ2v) is 7.07. The molecule has 2 heterocycles. The first-order valence-electron chi connectivity index (χ1n) is 6.45. The van der Waals surface area contributed by atoms with Gasteiger partial charge in [0.25, 0.3) is 0 Å². The zero-order valence-electron chi connectivity index (χ0n) is 11.2.